The quantitative estimate of drug-likeness (QED) is 0.756. The van der Waals surface area contributed by atoms with Crippen molar-refractivity contribution in [1.82, 2.24) is 0 Å². The Bertz CT molecular complexity index is 652. The summed E-state index contributed by atoms with van der Waals surface area (Å²) in [6.45, 7) is 0. The molecule has 0 aromatic heterocycles. The second kappa shape index (κ2) is 6.82. The van der Waals surface area contributed by atoms with Crippen molar-refractivity contribution in [2.24, 2.45) is 0 Å². The summed E-state index contributed by atoms with van der Waals surface area (Å²) in [5.74, 6) is 0.363. The first-order valence-corrected chi connectivity index (χ1v) is 6.62. The average molecular weight is 326 g/mol. The lowest BCUT2D eigenvalue weighted by Gasteiger charge is -2.12. The predicted octanol–water partition coefficient (Wildman–Crippen LogP) is 2.28. The third-order valence-corrected chi connectivity index (χ3v) is 3.31. The Kier molecular flexibility index (Phi) is 5.09. The number of carbonyl (C=O) groups excluding carboxylic acids is 1. The summed E-state index contributed by atoms with van der Waals surface area (Å²) in [6, 6.07) is 11.3. The standard InChI is InChI=1S/C13H10BCl2NO4/c15-9-6-7-10(12(16)11(9)14(19)20)17-13(18)21-8-4-2-1-3-5-8/h1-7,19-20H,(H,17,18). The third-order valence-electron chi connectivity index (χ3n) is 2.58. The van der Waals surface area contributed by atoms with E-state index in [-0.39, 0.29) is 21.2 Å². The van der Waals surface area contributed by atoms with Crippen LogP contribution in [0.4, 0.5) is 10.5 Å². The molecule has 21 heavy (non-hydrogen) atoms. The number of benzene rings is 2. The molecule has 5 nitrogen and oxygen atoms in total. The van der Waals surface area contributed by atoms with Crippen molar-refractivity contribution < 1.29 is 19.6 Å². The van der Waals surface area contributed by atoms with Crippen LogP contribution in [0, 0.1) is 0 Å². The molecule has 0 atom stereocenters. The second-order valence-corrected chi connectivity index (χ2v) is 4.81. The lowest BCUT2D eigenvalue weighted by Crippen LogP contribution is -2.32. The summed E-state index contributed by atoms with van der Waals surface area (Å²) in [6.07, 6.45) is -0.760. The number of amides is 1. The van der Waals surface area contributed by atoms with E-state index in [1.807, 2.05) is 0 Å². The zero-order chi connectivity index (χ0) is 15.4. The molecule has 3 N–H and O–H groups in total. The van der Waals surface area contributed by atoms with Crippen molar-refractivity contribution in [3.8, 4) is 5.75 Å². The minimum Gasteiger partial charge on any atom is -0.423 e. The molecule has 0 heterocycles. The van der Waals surface area contributed by atoms with Crippen molar-refractivity contribution in [2.75, 3.05) is 5.32 Å². The van der Waals surface area contributed by atoms with E-state index in [1.165, 1.54) is 12.1 Å². The van der Waals surface area contributed by atoms with E-state index in [0.717, 1.165) is 0 Å². The maximum Gasteiger partial charge on any atom is 0.491 e. The fourth-order valence-electron chi connectivity index (χ4n) is 1.63. The number of para-hydroxylation sites is 1. The molecule has 0 saturated heterocycles. The van der Waals surface area contributed by atoms with Crippen LogP contribution in [-0.2, 0) is 0 Å². The molecule has 2 rings (SSSR count). The molecular formula is C13H10BCl2NO4. The number of hydrogen-bond acceptors (Lipinski definition) is 4. The molecule has 0 spiro atoms. The average Bonchev–Trinajstić information content (AvgIpc) is 2.43. The summed E-state index contributed by atoms with van der Waals surface area (Å²) in [5, 5.41) is 20.9. The first-order valence-electron chi connectivity index (χ1n) is 5.87. The van der Waals surface area contributed by atoms with E-state index in [2.05, 4.69) is 5.32 Å². The van der Waals surface area contributed by atoms with Crippen LogP contribution in [0.5, 0.6) is 5.75 Å². The highest BCUT2D eigenvalue weighted by Gasteiger charge is 2.22. The van der Waals surface area contributed by atoms with E-state index in [0.29, 0.717) is 5.75 Å². The smallest absolute Gasteiger partial charge is 0.423 e. The SMILES string of the molecule is O=C(Nc1ccc(Cl)c(B(O)O)c1Cl)Oc1ccccc1. The summed E-state index contributed by atoms with van der Waals surface area (Å²) in [4.78, 5) is 11.8. The van der Waals surface area contributed by atoms with Gasteiger partial charge in [0.2, 0.25) is 0 Å². The van der Waals surface area contributed by atoms with Gasteiger partial charge in [0.15, 0.2) is 0 Å². The number of hydrogen-bond donors (Lipinski definition) is 3. The Morgan fingerprint density at radius 2 is 1.76 bits per heavy atom. The zero-order valence-corrected chi connectivity index (χ0v) is 12.1. The van der Waals surface area contributed by atoms with Gasteiger partial charge in [0, 0.05) is 10.5 Å². The topological polar surface area (TPSA) is 78.8 Å². The fourth-order valence-corrected chi connectivity index (χ4v) is 2.25. The van der Waals surface area contributed by atoms with Gasteiger partial charge >= 0.3 is 13.2 Å². The maximum absolute atomic E-state index is 11.8. The van der Waals surface area contributed by atoms with Crippen LogP contribution in [0.2, 0.25) is 10.0 Å². The molecule has 0 aliphatic heterocycles. The number of nitrogens with one attached hydrogen (secondary N) is 1. The third kappa shape index (κ3) is 3.89. The second-order valence-electron chi connectivity index (χ2n) is 4.02. The fraction of sp³-hybridized carbons (Fsp3) is 0. The van der Waals surface area contributed by atoms with Crippen molar-refractivity contribution in [3.63, 3.8) is 0 Å². The first kappa shape index (κ1) is 15.7. The maximum atomic E-state index is 11.8. The number of anilines is 1. The molecule has 0 radical (unpaired) electrons. The zero-order valence-electron chi connectivity index (χ0n) is 10.6. The summed E-state index contributed by atoms with van der Waals surface area (Å²) in [7, 11) is -1.85. The van der Waals surface area contributed by atoms with Gasteiger partial charge < -0.3 is 14.8 Å². The summed E-state index contributed by atoms with van der Waals surface area (Å²) in [5.41, 5.74) is 0.0703. The number of halogens is 2. The molecule has 0 saturated carbocycles. The molecule has 0 unspecified atom stereocenters. The van der Waals surface area contributed by atoms with E-state index < -0.39 is 13.2 Å². The molecule has 2 aromatic rings. The van der Waals surface area contributed by atoms with Gasteiger partial charge in [-0.25, -0.2) is 4.79 Å². The molecule has 0 aliphatic rings. The van der Waals surface area contributed by atoms with Gasteiger partial charge in [0.05, 0.1) is 10.7 Å². The molecule has 0 aliphatic carbocycles. The Hall–Kier alpha value is -1.73. The van der Waals surface area contributed by atoms with Crippen molar-refractivity contribution >= 4 is 47.6 Å². The van der Waals surface area contributed by atoms with Crippen LogP contribution in [0.3, 0.4) is 0 Å². The normalized spacial score (nSPS) is 10.1. The van der Waals surface area contributed by atoms with Crippen molar-refractivity contribution in [3.05, 3.63) is 52.5 Å². The van der Waals surface area contributed by atoms with Gasteiger partial charge in [0.1, 0.15) is 5.75 Å². The van der Waals surface area contributed by atoms with Crippen LogP contribution >= 0.6 is 23.2 Å². The van der Waals surface area contributed by atoms with E-state index in [4.69, 9.17) is 27.9 Å². The molecule has 0 bridgehead atoms. The van der Waals surface area contributed by atoms with Crippen molar-refractivity contribution in [1.29, 1.82) is 0 Å². The lowest BCUT2D eigenvalue weighted by atomic mass is 9.80. The lowest BCUT2D eigenvalue weighted by molar-refractivity contribution is 0.215. The predicted molar refractivity (Wildman–Crippen MR) is 82.4 cm³/mol. The monoisotopic (exact) mass is 325 g/mol. The number of ether oxygens (including phenoxy) is 1. The van der Waals surface area contributed by atoms with Crippen LogP contribution in [0.25, 0.3) is 0 Å². The van der Waals surface area contributed by atoms with Gasteiger partial charge in [-0.3, -0.25) is 5.32 Å². The molecule has 8 heteroatoms. The Morgan fingerprint density at radius 3 is 2.38 bits per heavy atom. The van der Waals surface area contributed by atoms with Crippen molar-refractivity contribution in [2.45, 2.75) is 0 Å². The molecule has 0 fully saturated rings. The highest BCUT2D eigenvalue weighted by Crippen LogP contribution is 2.24. The summed E-state index contributed by atoms with van der Waals surface area (Å²) < 4.78 is 5.04. The Balaban J connectivity index is 2.16. The Labute approximate surface area is 131 Å². The highest BCUT2D eigenvalue weighted by molar-refractivity contribution is 6.67. The first-order chi connectivity index (χ1) is 9.99. The van der Waals surface area contributed by atoms with Crippen LogP contribution in [0.15, 0.2) is 42.5 Å². The van der Waals surface area contributed by atoms with E-state index >= 15 is 0 Å². The Morgan fingerprint density at radius 1 is 1.10 bits per heavy atom. The van der Waals surface area contributed by atoms with E-state index in [1.54, 1.807) is 30.3 Å². The summed E-state index contributed by atoms with van der Waals surface area (Å²) >= 11 is 11.8. The highest BCUT2D eigenvalue weighted by atomic mass is 35.5. The van der Waals surface area contributed by atoms with Gasteiger partial charge in [-0.2, -0.15) is 0 Å². The van der Waals surface area contributed by atoms with Gasteiger partial charge in [-0.1, -0.05) is 41.4 Å². The van der Waals surface area contributed by atoms with Crippen LogP contribution < -0.4 is 15.5 Å². The van der Waals surface area contributed by atoms with Gasteiger partial charge in [0.25, 0.3) is 0 Å². The largest absolute Gasteiger partial charge is 0.491 e. The minimum atomic E-state index is -1.85. The van der Waals surface area contributed by atoms with Crippen LogP contribution in [-0.4, -0.2) is 23.3 Å². The number of rotatable bonds is 3. The molecular weight excluding hydrogens is 316 g/mol. The van der Waals surface area contributed by atoms with Gasteiger partial charge in [-0.15, -0.1) is 0 Å². The minimum absolute atomic E-state index is 0.0671. The molecule has 1 amide bonds. The van der Waals surface area contributed by atoms with Crippen LogP contribution in [0.1, 0.15) is 0 Å². The molecule has 108 valence electrons. The van der Waals surface area contributed by atoms with E-state index in [9.17, 15) is 14.8 Å². The van der Waals surface area contributed by atoms with Gasteiger partial charge in [-0.05, 0) is 24.3 Å². The molecule has 2 aromatic carbocycles. The number of carbonyl (C=O) groups is 1.